The van der Waals surface area contributed by atoms with E-state index in [0.717, 1.165) is 31.6 Å². The minimum absolute atomic E-state index is 0.183. The number of carbonyl (C=O) groups is 1. The number of β-amino-alcohol motifs (C(OH)–C–C–N with tert-alkyl or cyclic N) is 1. The molecule has 1 aromatic carbocycles. The van der Waals surface area contributed by atoms with Crippen LogP contribution in [0.1, 0.15) is 40.5 Å². The van der Waals surface area contributed by atoms with Gasteiger partial charge < -0.3 is 15.6 Å². The smallest absolute Gasteiger partial charge is 0.269 e. The molecule has 142 valence electrons. The van der Waals surface area contributed by atoms with E-state index >= 15 is 0 Å². The number of aromatic amines is 1. The second kappa shape index (κ2) is 8.66. The summed E-state index contributed by atoms with van der Waals surface area (Å²) in [5, 5.41) is 25.9. The van der Waals surface area contributed by atoms with Crippen LogP contribution in [0.5, 0.6) is 5.75 Å². The van der Waals surface area contributed by atoms with Gasteiger partial charge in [-0.05, 0) is 49.7 Å². The monoisotopic (exact) mass is 369 g/mol. The lowest BCUT2D eigenvalue weighted by molar-refractivity contribution is 0.0581. The number of benzene rings is 1. The molecule has 1 aliphatic heterocycles. The van der Waals surface area contributed by atoms with Gasteiger partial charge in [-0.15, -0.1) is 0 Å². The number of hydrogen-bond donors (Lipinski definition) is 3. The molecule has 1 amide bonds. The first-order valence-corrected chi connectivity index (χ1v) is 8.93. The zero-order valence-electron chi connectivity index (χ0n) is 15.0. The van der Waals surface area contributed by atoms with Gasteiger partial charge in [-0.25, -0.2) is 0 Å². The van der Waals surface area contributed by atoms with Gasteiger partial charge in [-0.3, -0.25) is 14.8 Å². The van der Waals surface area contributed by atoms with Crippen LogP contribution in [0.2, 0.25) is 0 Å². The van der Waals surface area contributed by atoms with Crippen LogP contribution < -0.4 is 10.5 Å². The zero-order valence-corrected chi connectivity index (χ0v) is 15.0. The van der Waals surface area contributed by atoms with Crippen LogP contribution >= 0.6 is 0 Å². The Balaban J connectivity index is 1.49. The highest BCUT2D eigenvalue weighted by molar-refractivity contribution is 5.90. The summed E-state index contributed by atoms with van der Waals surface area (Å²) in [7, 11) is 0. The molecule has 0 bridgehead atoms. The van der Waals surface area contributed by atoms with Crippen LogP contribution in [-0.2, 0) is 0 Å². The van der Waals surface area contributed by atoms with E-state index in [0.29, 0.717) is 17.9 Å². The van der Waals surface area contributed by atoms with E-state index in [-0.39, 0.29) is 18.2 Å². The number of H-pyrrole nitrogens is 1. The molecule has 2 unspecified atom stereocenters. The molecule has 3 rings (SSSR count). The van der Waals surface area contributed by atoms with Crippen molar-refractivity contribution >= 4 is 5.91 Å². The number of likely N-dealkylation sites (tertiary alicyclic amines) is 1. The standard InChI is InChI=1S/C19H23N5O3/c20-9-13-3-5-16(6-4-13)27-12-15(25)11-24-7-1-2-14(10-24)17-8-18(19(21)26)23-22-17/h3-6,8,14-15,25H,1-2,7,10-12H2,(H2,21,26)(H,22,23). The topological polar surface area (TPSA) is 128 Å². The number of nitrogens with two attached hydrogens (primary N) is 1. The molecule has 0 aliphatic carbocycles. The predicted octanol–water partition coefficient (Wildman–Crippen LogP) is 1.000. The number of nitrogens with zero attached hydrogens (tertiary/aromatic N) is 3. The molecule has 0 spiro atoms. The Bertz CT molecular complexity index is 811. The molecule has 8 heteroatoms. The lowest BCUT2D eigenvalue weighted by atomic mass is 9.94. The molecule has 2 atom stereocenters. The summed E-state index contributed by atoms with van der Waals surface area (Å²) < 4.78 is 5.60. The van der Waals surface area contributed by atoms with Crippen LogP contribution in [0.4, 0.5) is 0 Å². The van der Waals surface area contributed by atoms with E-state index in [9.17, 15) is 9.90 Å². The Morgan fingerprint density at radius 2 is 2.26 bits per heavy atom. The average molecular weight is 369 g/mol. The van der Waals surface area contributed by atoms with Crippen molar-refractivity contribution in [3.63, 3.8) is 0 Å². The highest BCUT2D eigenvalue weighted by Crippen LogP contribution is 2.26. The van der Waals surface area contributed by atoms with Crippen molar-refractivity contribution in [2.75, 3.05) is 26.2 Å². The highest BCUT2D eigenvalue weighted by atomic mass is 16.5. The lowest BCUT2D eigenvalue weighted by Crippen LogP contribution is -2.41. The largest absolute Gasteiger partial charge is 0.491 e. The maximum absolute atomic E-state index is 11.2. The highest BCUT2D eigenvalue weighted by Gasteiger charge is 2.25. The molecule has 4 N–H and O–H groups in total. The second-order valence-corrected chi connectivity index (χ2v) is 6.77. The normalized spacial score (nSPS) is 18.6. The minimum atomic E-state index is -0.623. The molecular weight excluding hydrogens is 346 g/mol. The summed E-state index contributed by atoms with van der Waals surface area (Å²) in [6, 6.07) is 10.6. The molecule has 1 fully saturated rings. The number of nitrogens with one attached hydrogen (secondary N) is 1. The second-order valence-electron chi connectivity index (χ2n) is 6.77. The molecule has 8 nitrogen and oxygen atoms in total. The summed E-state index contributed by atoms with van der Waals surface area (Å²) in [6.45, 7) is 2.36. The lowest BCUT2D eigenvalue weighted by Gasteiger charge is -2.33. The van der Waals surface area contributed by atoms with Gasteiger partial charge in [-0.2, -0.15) is 10.4 Å². The van der Waals surface area contributed by atoms with Crippen molar-refractivity contribution in [3.8, 4) is 11.8 Å². The van der Waals surface area contributed by atoms with Crippen LogP contribution in [0, 0.1) is 11.3 Å². The SMILES string of the molecule is N#Cc1ccc(OCC(O)CN2CCCC(c3cc(C(N)=O)n[nH]3)C2)cc1. The van der Waals surface area contributed by atoms with Crippen LogP contribution in [0.15, 0.2) is 30.3 Å². The third kappa shape index (κ3) is 5.06. The quantitative estimate of drug-likeness (QED) is 0.668. The van der Waals surface area contributed by atoms with Gasteiger partial charge in [0.15, 0.2) is 0 Å². The van der Waals surface area contributed by atoms with Gasteiger partial charge in [0, 0.05) is 24.7 Å². The average Bonchev–Trinajstić information content (AvgIpc) is 3.18. The van der Waals surface area contributed by atoms with Gasteiger partial charge in [0.1, 0.15) is 24.2 Å². The Kier molecular flexibility index (Phi) is 6.06. The van der Waals surface area contributed by atoms with Crippen molar-refractivity contribution in [2.45, 2.75) is 24.9 Å². The number of piperidine rings is 1. The Labute approximate surface area is 157 Å². The third-order valence-corrected chi connectivity index (χ3v) is 4.69. The van der Waals surface area contributed by atoms with Crippen molar-refractivity contribution in [2.24, 2.45) is 5.73 Å². The third-order valence-electron chi connectivity index (χ3n) is 4.69. The van der Waals surface area contributed by atoms with Crippen molar-refractivity contribution < 1.29 is 14.6 Å². The van der Waals surface area contributed by atoms with Crippen molar-refractivity contribution in [1.29, 1.82) is 5.26 Å². The first-order chi connectivity index (χ1) is 13.0. The number of ether oxygens (including phenoxy) is 1. The summed E-state index contributed by atoms with van der Waals surface area (Å²) in [5.74, 6) is 0.313. The molecule has 1 aliphatic rings. The molecule has 0 saturated carbocycles. The molecule has 2 heterocycles. The number of rotatable bonds is 7. The maximum atomic E-state index is 11.2. The van der Waals surface area contributed by atoms with E-state index in [1.54, 1.807) is 30.3 Å². The summed E-state index contributed by atoms with van der Waals surface area (Å²) in [6.07, 6.45) is 1.37. The van der Waals surface area contributed by atoms with Crippen LogP contribution in [0.25, 0.3) is 0 Å². The van der Waals surface area contributed by atoms with E-state index in [1.807, 2.05) is 0 Å². The number of carbonyl (C=O) groups excluding carboxylic acids is 1. The van der Waals surface area contributed by atoms with E-state index in [2.05, 4.69) is 21.2 Å². The number of hydrogen-bond acceptors (Lipinski definition) is 6. The molecule has 1 saturated heterocycles. The first kappa shape index (κ1) is 18.9. The number of amides is 1. The fraction of sp³-hybridized carbons (Fsp3) is 0.421. The molecule has 1 aromatic heterocycles. The predicted molar refractivity (Wildman–Crippen MR) is 98.2 cm³/mol. The number of aliphatic hydroxyl groups excluding tert-OH is 1. The molecule has 0 radical (unpaired) electrons. The Morgan fingerprint density at radius 1 is 1.48 bits per heavy atom. The summed E-state index contributed by atoms with van der Waals surface area (Å²) in [4.78, 5) is 13.4. The zero-order chi connectivity index (χ0) is 19.2. The van der Waals surface area contributed by atoms with Crippen molar-refractivity contribution in [1.82, 2.24) is 15.1 Å². The molecule has 27 heavy (non-hydrogen) atoms. The number of primary amides is 1. The van der Waals surface area contributed by atoms with Crippen molar-refractivity contribution in [3.05, 3.63) is 47.3 Å². The van der Waals surface area contributed by atoms with E-state index in [1.165, 1.54) is 0 Å². The minimum Gasteiger partial charge on any atom is -0.491 e. The fourth-order valence-electron chi connectivity index (χ4n) is 3.32. The van der Waals surface area contributed by atoms with Crippen LogP contribution in [-0.4, -0.2) is 58.5 Å². The number of aliphatic hydroxyl groups is 1. The van der Waals surface area contributed by atoms with Gasteiger partial charge >= 0.3 is 0 Å². The molecular formula is C19H23N5O3. The van der Waals surface area contributed by atoms with Gasteiger partial charge in [0.05, 0.1) is 11.6 Å². The summed E-state index contributed by atoms with van der Waals surface area (Å²) in [5.41, 5.74) is 6.97. The van der Waals surface area contributed by atoms with E-state index in [4.69, 9.17) is 15.7 Å². The van der Waals surface area contributed by atoms with E-state index < -0.39 is 12.0 Å². The maximum Gasteiger partial charge on any atom is 0.269 e. The Hall–Kier alpha value is -2.89. The molecule has 2 aromatic rings. The first-order valence-electron chi connectivity index (χ1n) is 8.93. The Morgan fingerprint density at radius 3 is 2.93 bits per heavy atom. The summed E-state index contributed by atoms with van der Waals surface area (Å²) >= 11 is 0. The fourth-order valence-corrected chi connectivity index (χ4v) is 3.32. The number of aromatic nitrogens is 2. The van der Waals surface area contributed by atoms with Gasteiger partial charge in [0.25, 0.3) is 5.91 Å². The number of nitriles is 1. The van der Waals surface area contributed by atoms with Gasteiger partial charge in [0.2, 0.25) is 0 Å². The van der Waals surface area contributed by atoms with Gasteiger partial charge in [-0.1, -0.05) is 0 Å². The van der Waals surface area contributed by atoms with Crippen LogP contribution in [0.3, 0.4) is 0 Å².